The molecule has 1 saturated carbocycles. The Morgan fingerprint density at radius 3 is 2.57 bits per heavy atom. The van der Waals surface area contributed by atoms with Gasteiger partial charge in [-0.1, -0.05) is 30.3 Å². The summed E-state index contributed by atoms with van der Waals surface area (Å²) in [5.74, 6) is 1.31. The molecular weight excluding hydrogens is 386 g/mol. The van der Waals surface area contributed by atoms with Gasteiger partial charge in [0.1, 0.15) is 11.6 Å². The minimum Gasteiger partial charge on any atom is -0.454 e. The number of allylic oxidation sites excluding steroid dienone is 2. The van der Waals surface area contributed by atoms with Crippen molar-refractivity contribution in [1.82, 2.24) is 0 Å². The first kappa shape index (κ1) is 18.7. The van der Waals surface area contributed by atoms with Gasteiger partial charge in [0.05, 0.1) is 0 Å². The second kappa shape index (κ2) is 7.48. The molecule has 0 aromatic heterocycles. The Labute approximate surface area is 173 Å². The molecule has 0 N–H and O–H groups in total. The molecule has 0 unspecified atom stereocenters. The number of halogens is 2. The van der Waals surface area contributed by atoms with E-state index in [1.54, 1.807) is 30.3 Å². The Balaban J connectivity index is 1.34. The number of rotatable bonds is 6. The fourth-order valence-corrected chi connectivity index (χ4v) is 3.75. The fraction of sp³-hybridized carbons (Fsp3) is 0.200. The average Bonchev–Trinajstić information content (AvgIpc) is 3.37. The van der Waals surface area contributed by atoms with E-state index < -0.39 is 5.82 Å². The summed E-state index contributed by atoms with van der Waals surface area (Å²) in [7, 11) is 0. The second-order valence-electron chi connectivity index (χ2n) is 7.67. The Morgan fingerprint density at radius 2 is 1.77 bits per heavy atom. The van der Waals surface area contributed by atoms with Crippen molar-refractivity contribution in [3.8, 4) is 23.0 Å². The molecule has 3 aromatic rings. The van der Waals surface area contributed by atoms with Gasteiger partial charge in [-0.2, -0.15) is 0 Å². The highest BCUT2D eigenvalue weighted by Crippen LogP contribution is 2.52. The van der Waals surface area contributed by atoms with E-state index >= 15 is 0 Å². The molecule has 0 amide bonds. The number of fused-ring (bicyclic) bond motifs is 1. The van der Waals surface area contributed by atoms with Gasteiger partial charge in [0.15, 0.2) is 23.1 Å². The zero-order chi connectivity index (χ0) is 20.6. The van der Waals surface area contributed by atoms with Gasteiger partial charge in [-0.05, 0) is 66.4 Å². The maximum absolute atomic E-state index is 14.9. The normalized spacial score (nSPS) is 16.4. The van der Waals surface area contributed by atoms with Crippen LogP contribution in [0.25, 0.3) is 0 Å². The van der Waals surface area contributed by atoms with Crippen molar-refractivity contribution in [2.24, 2.45) is 0 Å². The van der Waals surface area contributed by atoms with Gasteiger partial charge in [0.25, 0.3) is 0 Å². The average molecular weight is 406 g/mol. The smallest absolute Gasteiger partial charge is 0.231 e. The van der Waals surface area contributed by atoms with Crippen LogP contribution < -0.4 is 14.2 Å². The number of benzene rings is 3. The van der Waals surface area contributed by atoms with Crippen LogP contribution >= 0.6 is 0 Å². The standard InChI is InChI=1S/C25H20F2O3/c26-19(15-25(10-11-25)18-7-9-22-24(14-18)29-16-28-22)12-17-6-8-21(27)23(13-17)30-20-4-2-1-3-5-20/h1-9,13-15H,10-12,16H2. The molecule has 0 radical (unpaired) electrons. The predicted molar refractivity (Wildman–Crippen MR) is 109 cm³/mol. The first-order valence-electron chi connectivity index (χ1n) is 9.90. The first-order chi connectivity index (χ1) is 14.6. The van der Waals surface area contributed by atoms with Crippen molar-refractivity contribution >= 4 is 0 Å². The third kappa shape index (κ3) is 3.75. The largest absolute Gasteiger partial charge is 0.454 e. The summed E-state index contributed by atoms with van der Waals surface area (Å²) in [6, 6.07) is 19.2. The maximum atomic E-state index is 14.9. The van der Waals surface area contributed by atoms with Crippen LogP contribution in [0.4, 0.5) is 8.78 Å². The van der Waals surface area contributed by atoms with Crippen LogP contribution in [0.2, 0.25) is 0 Å². The molecular formula is C25H20F2O3. The number of para-hydroxylation sites is 1. The molecule has 0 spiro atoms. The quantitative estimate of drug-likeness (QED) is 0.469. The monoisotopic (exact) mass is 406 g/mol. The Kier molecular flexibility index (Phi) is 4.66. The molecule has 0 saturated heterocycles. The summed E-state index contributed by atoms with van der Waals surface area (Å²) in [6.07, 6.45) is 3.53. The van der Waals surface area contributed by atoms with Gasteiger partial charge in [-0.25, -0.2) is 8.78 Å². The van der Waals surface area contributed by atoms with Crippen LogP contribution in [0.15, 0.2) is 78.6 Å². The molecule has 3 aromatic carbocycles. The molecule has 5 heteroatoms. The summed E-state index contributed by atoms with van der Waals surface area (Å²) < 4.78 is 45.5. The molecule has 152 valence electrons. The van der Waals surface area contributed by atoms with Crippen LogP contribution in [0.3, 0.4) is 0 Å². The van der Waals surface area contributed by atoms with Gasteiger partial charge < -0.3 is 14.2 Å². The van der Waals surface area contributed by atoms with E-state index in [-0.39, 0.29) is 30.2 Å². The summed E-state index contributed by atoms with van der Waals surface area (Å²) in [4.78, 5) is 0. The molecule has 1 aliphatic heterocycles. The molecule has 1 heterocycles. The molecule has 2 aliphatic rings. The van der Waals surface area contributed by atoms with Crippen molar-refractivity contribution in [1.29, 1.82) is 0 Å². The minimum atomic E-state index is -0.481. The van der Waals surface area contributed by atoms with E-state index in [9.17, 15) is 8.78 Å². The SMILES string of the molecule is FC(=CC1(c2ccc3c(c2)OCO3)CC1)Cc1ccc(F)c(Oc2ccccc2)c1. The topological polar surface area (TPSA) is 27.7 Å². The third-order valence-corrected chi connectivity index (χ3v) is 5.51. The summed E-state index contributed by atoms with van der Waals surface area (Å²) >= 11 is 0. The Bertz CT molecular complexity index is 1100. The number of hydrogen-bond acceptors (Lipinski definition) is 3. The van der Waals surface area contributed by atoms with E-state index in [1.165, 1.54) is 6.07 Å². The van der Waals surface area contributed by atoms with Crippen molar-refractivity contribution in [3.63, 3.8) is 0 Å². The van der Waals surface area contributed by atoms with Gasteiger partial charge in [-0.15, -0.1) is 0 Å². The summed E-state index contributed by atoms with van der Waals surface area (Å²) in [5, 5.41) is 0. The highest BCUT2D eigenvalue weighted by atomic mass is 19.1. The zero-order valence-electron chi connectivity index (χ0n) is 16.2. The number of ether oxygens (including phenoxy) is 3. The predicted octanol–water partition coefficient (Wildman–Crippen LogP) is 6.47. The van der Waals surface area contributed by atoms with E-state index in [2.05, 4.69) is 0 Å². The van der Waals surface area contributed by atoms with Gasteiger partial charge >= 0.3 is 0 Å². The third-order valence-electron chi connectivity index (χ3n) is 5.51. The molecule has 30 heavy (non-hydrogen) atoms. The molecule has 0 bridgehead atoms. The summed E-state index contributed by atoms with van der Waals surface area (Å²) in [6.45, 7) is 0.216. The Hall–Kier alpha value is -3.34. The molecule has 3 nitrogen and oxygen atoms in total. The lowest BCUT2D eigenvalue weighted by Gasteiger charge is -2.13. The first-order valence-corrected chi connectivity index (χ1v) is 9.90. The maximum Gasteiger partial charge on any atom is 0.231 e. The van der Waals surface area contributed by atoms with Crippen molar-refractivity contribution < 1.29 is 23.0 Å². The van der Waals surface area contributed by atoms with E-state index in [0.717, 1.165) is 24.2 Å². The van der Waals surface area contributed by atoms with E-state index in [0.29, 0.717) is 17.1 Å². The molecule has 0 atom stereocenters. The Morgan fingerprint density at radius 1 is 0.967 bits per heavy atom. The zero-order valence-corrected chi connectivity index (χ0v) is 16.2. The van der Waals surface area contributed by atoms with Crippen molar-refractivity contribution in [2.45, 2.75) is 24.7 Å². The molecule has 5 rings (SSSR count). The van der Waals surface area contributed by atoms with Gasteiger partial charge in [0, 0.05) is 11.8 Å². The lowest BCUT2D eigenvalue weighted by atomic mass is 9.94. The van der Waals surface area contributed by atoms with Gasteiger partial charge in [-0.3, -0.25) is 0 Å². The minimum absolute atomic E-state index is 0.0811. The lowest BCUT2D eigenvalue weighted by Crippen LogP contribution is -2.04. The van der Waals surface area contributed by atoms with Crippen LogP contribution in [-0.2, 0) is 11.8 Å². The van der Waals surface area contributed by atoms with E-state index in [1.807, 2.05) is 36.4 Å². The number of hydrogen-bond donors (Lipinski definition) is 0. The highest BCUT2D eigenvalue weighted by Gasteiger charge is 2.43. The fourth-order valence-electron chi connectivity index (χ4n) is 3.75. The van der Waals surface area contributed by atoms with E-state index in [4.69, 9.17) is 14.2 Å². The van der Waals surface area contributed by atoms with Crippen LogP contribution in [0.1, 0.15) is 24.0 Å². The van der Waals surface area contributed by atoms with Crippen LogP contribution in [0.5, 0.6) is 23.0 Å². The van der Waals surface area contributed by atoms with Gasteiger partial charge in [0.2, 0.25) is 6.79 Å². The van der Waals surface area contributed by atoms with Crippen LogP contribution in [0, 0.1) is 5.82 Å². The van der Waals surface area contributed by atoms with Crippen LogP contribution in [-0.4, -0.2) is 6.79 Å². The van der Waals surface area contributed by atoms with Crippen molar-refractivity contribution in [3.05, 3.63) is 95.6 Å². The highest BCUT2D eigenvalue weighted by molar-refractivity contribution is 5.50. The van der Waals surface area contributed by atoms with Crippen molar-refractivity contribution in [2.75, 3.05) is 6.79 Å². The molecule has 1 aliphatic carbocycles. The summed E-state index contributed by atoms with van der Waals surface area (Å²) in [5.41, 5.74) is 1.36. The molecule has 1 fully saturated rings. The second-order valence-corrected chi connectivity index (χ2v) is 7.67. The lowest BCUT2D eigenvalue weighted by molar-refractivity contribution is 0.174.